The monoisotopic (exact) mass is 452 g/mol. The molecular formula is C34H44. The first kappa shape index (κ1) is 24.9. The molecule has 0 aromatic heterocycles. The van der Waals surface area contributed by atoms with Gasteiger partial charge in [-0.25, -0.2) is 0 Å². The van der Waals surface area contributed by atoms with E-state index in [2.05, 4.69) is 86.4 Å². The van der Waals surface area contributed by atoms with E-state index in [0.717, 1.165) is 23.3 Å². The van der Waals surface area contributed by atoms with E-state index in [1.807, 2.05) is 0 Å². The average molecular weight is 453 g/mol. The maximum absolute atomic E-state index is 3.35. The van der Waals surface area contributed by atoms with E-state index < -0.39 is 0 Å². The second kappa shape index (κ2) is 13.0. The lowest BCUT2D eigenvalue weighted by molar-refractivity contribution is 0.319. The lowest BCUT2D eigenvalue weighted by Crippen LogP contribution is -2.12. The summed E-state index contributed by atoms with van der Waals surface area (Å²) in [5.74, 6) is 9.80. The molecule has 0 heteroatoms. The summed E-state index contributed by atoms with van der Waals surface area (Å²) in [7, 11) is 0. The van der Waals surface area contributed by atoms with E-state index in [0.29, 0.717) is 5.92 Å². The predicted octanol–water partition coefficient (Wildman–Crippen LogP) is 9.59. The Bertz CT molecular complexity index is 934. The van der Waals surface area contributed by atoms with Crippen molar-refractivity contribution in [2.24, 2.45) is 11.8 Å². The van der Waals surface area contributed by atoms with Crippen molar-refractivity contribution in [3.63, 3.8) is 0 Å². The molecular weight excluding hydrogens is 408 g/mol. The van der Waals surface area contributed by atoms with Gasteiger partial charge in [0.15, 0.2) is 0 Å². The lowest BCUT2D eigenvalue weighted by Gasteiger charge is -2.28. The number of allylic oxidation sites excluding steroid dienone is 2. The Labute approximate surface area is 209 Å². The fraction of sp³-hybridized carbons (Fsp3) is 0.529. The summed E-state index contributed by atoms with van der Waals surface area (Å²) < 4.78 is 0. The third-order valence-electron chi connectivity index (χ3n) is 8.52. The van der Waals surface area contributed by atoms with Crippen molar-refractivity contribution in [2.45, 2.75) is 103 Å². The van der Waals surface area contributed by atoms with Gasteiger partial charge >= 0.3 is 0 Å². The molecule has 0 aliphatic heterocycles. The maximum atomic E-state index is 3.35. The quantitative estimate of drug-likeness (QED) is 0.367. The van der Waals surface area contributed by atoms with Crippen molar-refractivity contribution in [2.75, 3.05) is 0 Å². The van der Waals surface area contributed by atoms with E-state index in [1.165, 1.54) is 88.2 Å². The van der Waals surface area contributed by atoms with Gasteiger partial charge in [0, 0.05) is 5.56 Å². The van der Waals surface area contributed by atoms with Crippen LogP contribution in [0.25, 0.3) is 0 Å². The van der Waals surface area contributed by atoms with Crippen molar-refractivity contribution in [3.05, 3.63) is 82.9 Å². The molecule has 180 valence electrons. The van der Waals surface area contributed by atoms with Crippen molar-refractivity contribution in [3.8, 4) is 11.8 Å². The summed E-state index contributed by atoms with van der Waals surface area (Å²) >= 11 is 0. The second-order valence-electron chi connectivity index (χ2n) is 10.8. The molecule has 0 radical (unpaired) electrons. The van der Waals surface area contributed by atoms with E-state index in [1.54, 1.807) is 5.56 Å². The molecule has 2 aliphatic carbocycles. The number of aryl methyl sites for hydroxylation is 1. The molecule has 0 heterocycles. The molecule has 34 heavy (non-hydrogen) atoms. The molecule has 2 aromatic carbocycles. The van der Waals surface area contributed by atoms with Crippen LogP contribution >= 0.6 is 0 Å². The molecule has 0 saturated heterocycles. The Morgan fingerprint density at radius 3 is 1.91 bits per heavy atom. The highest BCUT2D eigenvalue weighted by Gasteiger charge is 2.21. The summed E-state index contributed by atoms with van der Waals surface area (Å²) in [6, 6.07) is 18.6. The first-order chi connectivity index (χ1) is 16.7. The van der Waals surface area contributed by atoms with Crippen molar-refractivity contribution < 1.29 is 0 Å². The van der Waals surface area contributed by atoms with Crippen LogP contribution in [-0.4, -0.2) is 0 Å². The average Bonchev–Trinajstić information content (AvgIpc) is 2.91. The number of hydrogen-bond donors (Lipinski definition) is 0. The number of unbranched alkanes of at least 4 members (excludes halogenated alkanes) is 1. The van der Waals surface area contributed by atoms with Gasteiger partial charge in [-0.3, -0.25) is 0 Å². The minimum atomic E-state index is 0.690. The highest BCUT2D eigenvalue weighted by Crippen LogP contribution is 2.37. The fourth-order valence-electron chi connectivity index (χ4n) is 6.03. The molecule has 0 amide bonds. The topological polar surface area (TPSA) is 0 Å². The van der Waals surface area contributed by atoms with Crippen LogP contribution in [0.5, 0.6) is 0 Å². The smallest absolute Gasteiger partial charge is 0.0249 e. The van der Waals surface area contributed by atoms with E-state index in [9.17, 15) is 0 Å². The van der Waals surface area contributed by atoms with Crippen molar-refractivity contribution in [1.82, 2.24) is 0 Å². The molecule has 0 unspecified atom stereocenters. The Balaban J connectivity index is 1.21. The zero-order valence-corrected chi connectivity index (χ0v) is 21.6. The van der Waals surface area contributed by atoms with Crippen LogP contribution in [0.1, 0.15) is 119 Å². The predicted molar refractivity (Wildman–Crippen MR) is 147 cm³/mol. The van der Waals surface area contributed by atoms with Crippen LogP contribution in [0.3, 0.4) is 0 Å². The van der Waals surface area contributed by atoms with Gasteiger partial charge in [0.2, 0.25) is 0 Å². The van der Waals surface area contributed by atoms with Crippen LogP contribution in [0.4, 0.5) is 0 Å². The molecule has 0 bridgehead atoms. The van der Waals surface area contributed by atoms with Gasteiger partial charge in [-0.15, -0.1) is 0 Å². The minimum absolute atomic E-state index is 0.690. The Kier molecular flexibility index (Phi) is 9.50. The molecule has 2 aliphatic rings. The van der Waals surface area contributed by atoms with E-state index >= 15 is 0 Å². The van der Waals surface area contributed by atoms with Gasteiger partial charge in [0.25, 0.3) is 0 Å². The number of hydrogen-bond acceptors (Lipinski definition) is 0. The summed E-state index contributed by atoms with van der Waals surface area (Å²) in [5.41, 5.74) is 5.70. The van der Waals surface area contributed by atoms with Crippen LogP contribution in [0, 0.1) is 23.7 Å². The molecule has 4 rings (SSSR count). The standard InChI is InChI=1S/C34H44/c1-3-5-8-28-13-21-33(22-14-28)34-25-17-30(18-26-34)10-7-6-9-29-15-23-32(24-16-29)31-19-11-27(4-2)12-20-31/h7,10,13-16,21-24,27,30-31,34H,3-5,8,11-12,17-20,25-26H2,1-2H3. The highest BCUT2D eigenvalue weighted by molar-refractivity contribution is 5.39. The van der Waals surface area contributed by atoms with Crippen LogP contribution in [0.2, 0.25) is 0 Å². The lowest BCUT2D eigenvalue weighted by atomic mass is 9.78. The molecule has 2 fully saturated rings. The molecule has 0 spiro atoms. The normalized spacial score (nSPS) is 25.1. The highest BCUT2D eigenvalue weighted by atomic mass is 14.3. The fourth-order valence-corrected chi connectivity index (χ4v) is 6.03. The van der Waals surface area contributed by atoms with Crippen LogP contribution in [0.15, 0.2) is 60.7 Å². The molecule has 2 saturated carbocycles. The first-order valence-electron chi connectivity index (χ1n) is 14.1. The molecule has 0 nitrogen and oxygen atoms in total. The number of benzene rings is 2. The molecule has 2 aromatic rings. The molecule has 0 atom stereocenters. The van der Waals surface area contributed by atoms with Crippen LogP contribution in [-0.2, 0) is 6.42 Å². The van der Waals surface area contributed by atoms with Gasteiger partial charge in [-0.05, 0) is 123 Å². The second-order valence-corrected chi connectivity index (χ2v) is 10.8. The largest absolute Gasteiger partial charge is 0.0730 e. The Hall–Kier alpha value is -2.26. The number of rotatable bonds is 7. The first-order valence-corrected chi connectivity index (χ1v) is 14.1. The zero-order chi connectivity index (χ0) is 23.6. The van der Waals surface area contributed by atoms with Gasteiger partial charge < -0.3 is 0 Å². The van der Waals surface area contributed by atoms with E-state index in [4.69, 9.17) is 0 Å². The third-order valence-corrected chi connectivity index (χ3v) is 8.52. The van der Waals surface area contributed by atoms with Gasteiger partial charge in [-0.2, -0.15) is 0 Å². The van der Waals surface area contributed by atoms with Gasteiger partial charge in [0.1, 0.15) is 0 Å². The van der Waals surface area contributed by atoms with Gasteiger partial charge in [0.05, 0.1) is 0 Å². The zero-order valence-electron chi connectivity index (χ0n) is 21.6. The van der Waals surface area contributed by atoms with Crippen molar-refractivity contribution >= 4 is 0 Å². The van der Waals surface area contributed by atoms with Gasteiger partial charge in [-0.1, -0.05) is 81.0 Å². The van der Waals surface area contributed by atoms with Crippen molar-refractivity contribution in [1.29, 1.82) is 0 Å². The Morgan fingerprint density at radius 2 is 1.32 bits per heavy atom. The minimum Gasteiger partial charge on any atom is -0.0730 e. The van der Waals surface area contributed by atoms with Crippen LogP contribution < -0.4 is 0 Å². The summed E-state index contributed by atoms with van der Waals surface area (Å²) in [4.78, 5) is 0. The summed E-state index contributed by atoms with van der Waals surface area (Å²) in [5, 5.41) is 0. The summed E-state index contributed by atoms with van der Waals surface area (Å²) in [6.45, 7) is 4.61. The SMILES string of the molecule is CCCCc1ccc(C2CCC(C=CC#Cc3ccc(C4CCC(CC)CC4)cc3)CC2)cc1. The molecule has 0 N–H and O–H groups in total. The van der Waals surface area contributed by atoms with E-state index in [-0.39, 0.29) is 0 Å². The third kappa shape index (κ3) is 7.12. The summed E-state index contributed by atoms with van der Waals surface area (Å²) in [6.07, 6.45) is 20.3. The maximum Gasteiger partial charge on any atom is 0.0249 e. The Morgan fingerprint density at radius 1 is 0.735 bits per heavy atom.